The number of rotatable bonds is 15. The molecule has 0 saturated heterocycles. The number of allylic oxidation sites excluding steroid dienone is 3. The van der Waals surface area contributed by atoms with Gasteiger partial charge >= 0.3 is 5.97 Å². The quantitative estimate of drug-likeness (QED) is 0.118. The highest BCUT2D eigenvalue weighted by Crippen LogP contribution is 2.25. The number of nitrogens with zero attached hydrogens (tertiary/aromatic N) is 1. The molecular formula is C27H39N3O7. The van der Waals surface area contributed by atoms with Crippen LogP contribution < -0.4 is 11.1 Å². The van der Waals surface area contributed by atoms with Gasteiger partial charge in [-0.05, 0) is 52.8 Å². The van der Waals surface area contributed by atoms with Gasteiger partial charge in [-0.25, -0.2) is 4.79 Å². The zero-order valence-corrected chi connectivity index (χ0v) is 22.5. The van der Waals surface area contributed by atoms with E-state index in [1.807, 2.05) is 20.8 Å². The van der Waals surface area contributed by atoms with Crippen molar-refractivity contribution in [2.45, 2.75) is 53.2 Å². The fourth-order valence-electron chi connectivity index (χ4n) is 3.25. The first kappa shape index (κ1) is 31.4. The smallest absolute Gasteiger partial charge is 0.339 e. The van der Waals surface area contributed by atoms with E-state index in [2.05, 4.69) is 10.3 Å². The predicted molar refractivity (Wildman–Crippen MR) is 143 cm³/mol. The van der Waals surface area contributed by atoms with Crippen LogP contribution in [0.25, 0.3) is 6.08 Å². The number of methoxy groups -OCH3 is 1. The minimum Gasteiger partial charge on any atom is -0.497 e. The summed E-state index contributed by atoms with van der Waals surface area (Å²) in [5, 5.41) is 21.3. The van der Waals surface area contributed by atoms with Crippen molar-refractivity contribution in [1.82, 2.24) is 10.3 Å². The maximum absolute atomic E-state index is 12.9. The lowest BCUT2D eigenvalue weighted by atomic mass is 10.0. The average Bonchev–Trinajstić information content (AvgIpc) is 2.82. The van der Waals surface area contributed by atoms with Gasteiger partial charge in [-0.2, -0.15) is 0 Å². The molecule has 1 heterocycles. The Morgan fingerprint density at radius 2 is 1.92 bits per heavy atom. The molecule has 0 aliphatic heterocycles. The van der Waals surface area contributed by atoms with Crippen LogP contribution in [0.4, 0.5) is 5.69 Å². The molecule has 10 heteroatoms. The summed E-state index contributed by atoms with van der Waals surface area (Å²) in [6, 6.07) is 0. The van der Waals surface area contributed by atoms with E-state index < -0.39 is 11.5 Å². The summed E-state index contributed by atoms with van der Waals surface area (Å²) in [5.74, 6) is -1.06. The number of hydrogen-bond acceptors (Lipinski definition) is 8. The number of aryl methyl sites for hydroxylation is 1. The predicted octanol–water partition coefficient (Wildman–Crippen LogP) is 3.50. The van der Waals surface area contributed by atoms with Gasteiger partial charge < -0.3 is 35.5 Å². The van der Waals surface area contributed by atoms with Crippen LogP contribution in [0.5, 0.6) is 0 Å². The first-order valence-corrected chi connectivity index (χ1v) is 11.9. The normalized spacial score (nSPS) is 12.8. The minimum absolute atomic E-state index is 0.0209. The van der Waals surface area contributed by atoms with E-state index in [1.165, 1.54) is 13.4 Å². The zero-order chi connectivity index (χ0) is 28.0. The number of amides is 1. The van der Waals surface area contributed by atoms with Crippen molar-refractivity contribution in [3.05, 3.63) is 64.4 Å². The Morgan fingerprint density at radius 1 is 1.22 bits per heavy atom. The standard InChI is InChI=1S/C27H39N3O7/c1-7-10-22-21(24(28)23(26(33)34)18(3)29-22)16-37-17-27(4,5)30-25(32)19(8-2)11-12-20(35-6)15-36-14-9-13-31/h7-8,10-12,15,31H,9,13-14,16-17H2,1-6H3,(H2,28,29)(H,30,32)(H,33,34)/b10-7-,12-11-,19-8+,20-15-. The van der Waals surface area contributed by atoms with Crippen LogP contribution in [0.1, 0.15) is 61.4 Å². The summed E-state index contributed by atoms with van der Waals surface area (Å²) in [6.45, 7) is 9.31. The second-order valence-corrected chi connectivity index (χ2v) is 8.74. The highest BCUT2D eigenvalue weighted by Gasteiger charge is 2.24. The number of aromatic nitrogens is 1. The van der Waals surface area contributed by atoms with E-state index in [0.29, 0.717) is 41.3 Å². The molecule has 37 heavy (non-hydrogen) atoms. The van der Waals surface area contributed by atoms with Gasteiger partial charge in [0.1, 0.15) is 11.8 Å². The molecule has 0 atom stereocenters. The Hall–Kier alpha value is -3.63. The number of hydrogen-bond donors (Lipinski definition) is 4. The Morgan fingerprint density at radius 3 is 2.49 bits per heavy atom. The number of aliphatic hydroxyl groups is 1. The number of carboxylic acids is 1. The van der Waals surface area contributed by atoms with Gasteiger partial charge in [-0.3, -0.25) is 9.78 Å². The van der Waals surface area contributed by atoms with Crippen molar-refractivity contribution in [3.63, 3.8) is 0 Å². The van der Waals surface area contributed by atoms with Crippen molar-refractivity contribution in [1.29, 1.82) is 0 Å². The zero-order valence-electron chi connectivity index (χ0n) is 22.5. The molecule has 0 aromatic carbocycles. The van der Waals surface area contributed by atoms with Gasteiger partial charge in [0.2, 0.25) is 0 Å². The molecule has 0 fully saturated rings. The van der Waals surface area contributed by atoms with Crippen LogP contribution in [0.2, 0.25) is 0 Å². The van der Waals surface area contributed by atoms with Crippen molar-refractivity contribution >= 4 is 23.6 Å². The number of nitrogens with one attached hydrogen (secondary N) is 1. The molecule has 0 radical (unpaired) electrons. The molecular weight excluding hydrogens is 478 g/mol. The summed E-state index contributed by atoms with van der Waals surface area (Å²) in [5.41, 5.74) is 7.21. The van der Waals surface area contributed by atoms with E-state index in [4.69, 9.17) is 25.1 Å². The molecule has 0 aliphatic carbocycles. The van der Waals surface area contributed by atoms with E-state index >= 15 is 0 Å². The van der Waals surface area contributed by atoms with E-state index in [-0.39, 0.29) is 37.0 Å². The Kier molecular flexibility index (Phi) is 13.1. The lowest BCUT2D eigenvalue weighted by Gasteiger charge is -2.27. The maximum Gasteiger partial charge on any atom is 0.339 e. The number of carbonyl (C=O) groups is 2. The number of carboxylic acid groups (broad SMARTS) is 1. The summed E-state index contributed by atoms with van der Waals surface area (Å²) in [6.07, 6.45) is 10.3. The molecule has 0 unspecified atom stereocenters. The van der Waals surface area contributed by atoms with Gasteiger partial charge in [0, 0.05) is 24.2 Å². The highest BCUT2D eigenvalue weighted by molar-refractivity contribution is 5.97. The molecule has 0 aliphatic rings. The number of nitrogens with two attached hydrogens (primary N) is 1. The third kappa shape index (κ3) is 10.1. The van der Waals surface area contributed by atoms with Gasteiger partial charge in [-0.15, -0.1) is 0 Å². The number of ether oxygens (including phenoxy) is 3. The third-order valence-corrected chi connectivity index (χ3v) is 5.11. The van der Waals surface area contributed by atoms with Gasteiger partial charge in [-0.1, -0.05) is 12.2 Å². The average molecular weight is 518 g/mol. The molecule has 1 amide bonds. The van der Waals surface area contributed by atoms with Crippen molar-refractivity contribution in [3.8, 4) is 0 Å². The van der Waals surface area contributed by atoms with E-state index in [9.17, 15) is 14.7 Å². The largest absolute Gasteiger partial charge is 0.497 e. The highest BCUT2D eigenvalue weighted by atomic mass is 16.5. The molecule has 1 rings (SSSR count). The fourth-order valence-corrected chi connectivity index (χ4v) is 3.25. The van der Waals surface area contributed by atoms with E-state index in [1.54, 1.807) is 44.2 Å². The van der Waals surface area contributed by atoms with Crippen LogP contribution in [0.15, 0.2) is 41.9 Å². The second kappa shape index (κ2) is 15.5. The Labute approximate surface area is 218 Å². The number of anilines is 1. The van der Waals surface area contributed by atoms with Crippen LogP contribution in [-0.2, 0) is 25.6 Å². The monoisotopic (exact) mass is 517 g/mol. The van der Waals surface area contributed by atoms with E-state index in [0.717, 1.165) is 0 Å². The van der Waals surface area contributed by atoms with Crippen molar-refractivity contribution in [2.75, 3.05) is 32.7 Å². The number of pyridine rings is 1. The molecule has 204 valence electrons. The summed E-state index contributed by atoms with van der Waals surface area (Å²) < 4.78 is 16.4. The van der Waals surface area contributed by atoms with Gasteiger partial charge in [0.05, 0.1) is 49.5 Å². The van der Waals surface area contributed by atoms with Gasteiger partial charge in [0.15, 0.2) is 5.76 Å². The van der Waals surface area contributed by atoms with Crippen molar-refractivity contribution in [2.24, 2.45) is 0 Å². The molecule has 0 spiro atoms. The Bertz CT molecular complexity index is 1060. The summed E-state index contributed by atoms with van der Waals surface area (Å²) in [4.78, 5) is 28.9. The summed E-state index contributed by atoms with van der Waals surface area (Å²) in [7, 11) is 1.49. The molecule has 5 N–H and O–H groups in total. The number of carbonyl (C=O) groups excluding carboxylic acids is 1. The van der Waals surface area contributed by atoms with Crippen molar-refractivity contribution < 1.29 is 34.0 Å². The molecule has 10 nitrogen and oxygen atoms in total. The number of nitrogen functional groups attached to an aromatic ring is 1. The van der Waals surface area contributed by atoms with Crippen LogP contribution in [-0.4, -0.2) is 59.5 Å². The lowest BCUT2D eigenvalue weighted by Crippen LogP contribution is -2.47. The van der Waals surface area contributed by atoms with Crippen LogP contribution in [0.3, 0.4) is 0 Å². The first-order chi connectivity index (χ1) is 17.5. The molecule has 1 aromatic heterocycles. The molecule has 0 saturated carbocycles. The summed E-state index contributed by atoms with van der Waals surface area (Å²) >= 11 is 0. The van der Waals surface area contributed by atoms with Gasteiger partial charge in [0.25, 0.3) is 5.91 Å². The maximum atomic E-state index is 12.9. The van der Waals surface area contributed by atoms with Crippen LogP contribution >= 0.6 is 0 Å². The number of aliphatic hydroxyl groups excluding tert-OH is 1. The lowest BCUT2D eigenvalue weighted by molar-refractivity contribution is -0.119. The second-order valence-electron chi connectivity index (χ2n) is 8.74. The first-order valence-electron chi connectivity index (χ1n) is 11.9. The Balaban J connectivity index is 2.89. The fraction of sp³-hybridized carbons (Fsp3) is 0.444. The van der Waals surface area contributed by atoms with Crippen LogP contribution in [0, 0.1) is 6.92 Å². The topological polar surface area (TPSA) is 153 Å². The number of aromatic carboxylic acids is 1. The molecule has 1 aromatic rings. The SMILES string of the molecule is C/C=C\c1nc(C)c(C(=O)O)c(N)c1COCC(C)(C)NC(=O)C(/C=C\C(=C\OCCCO)OC)=C/C. The third-order valence-electron chi connectivity index (χ3n) is 5.11. The molecule has 0 bridgehead atoms. The minimum atomic E-state index is -1.15.